The van der Waals surface area contributed by atoms with E-state index < -0.39 is 17.0 Å². The molecule has 1 atom stereocenters. The monoisotopic (exact) mass is 365 g/mol. The van der Waals surface area contributed by atoms with Gasteiger partial charge in [0, 0.05) is 29.0 Å². The summed E-state index contributed by atoms with van der Waals surface area (Å²) < 4.78 is 33.1. The first kappa shape index (κ1) is 16.7. The number of hydrogen-bond acceptors (Lipinski definition) is 3. The van der Waals surface area contributed by atoms with Gasteiger partial charge in [0.2, 0.25) is 0 Å². The van der Waals surface area contributed by atoms with Gasteiger partial charge in [0.1, 0.15) is 11.5 Å². The summed E-state index contributed by atoms with van der Waals surface area (Å²) in [7, 11) is 2.04. The minimum atomic E-state index is -0.987. The van der Waals surface area contributed by atoms with Crippen molar-refractivity contribution in [2.24, 2.45) is 5.41 Å². The van der Waals surface area contributed by atoms with E-state index in [-0.39, 0.29) is 23.3 Å². The number of halogens is 3. The number of ketones is 1. The number of carbonyl (C=O) groups is 1. The fourth-order valence-electron chi connectivity index (χ4n) is 4.05. The van der Waals surface area contributed by atoms with E-state index in [9.17, 15) is 13.6 Å². The van der Waals surface area contributed by atoms with Crippen LogP contribution in [0.1, 0.15) is 18.4 Å². The Morgan fingerprint density at radius 3 is 2.64 bits per heavy atom. The summed E-state index contributed by atoms with van der Waals surface area (Å²) >= 11 is 6.63. The number of ether oxygens (including phenoxy) is 1. The molecule has 25 heavy (non-hydrogen) atoms. The SMILES string of the molecule is CN1CCC2(CC1)C1=C(C=CC2Cl)Oc2cc(F)c(F)cc2CC1=O. The van der Waals surface area contributed by atoms with E-state index in [1.165, 1.54) is 0 Å². The first-order chi connectivity index (χ1) is 11.9. The molecule has 0 N–H and O–H groups in total. The van der Waals surface area contributed by atoms with Crippen LogP contribution in [0.15, 0.2) is 35.6 Å². The molecule has 0 aromatic heterocycles. The van der Waals surface area contributed by atoms with Crippen molar-refractivity contribution in [3.05, 3.63) is 52.8 Å². The van der Waals surface area contributed by atoms with Crippen molar-refractivity contribution in [3.63, 3.8) is 0 Å². The van der Waals surface area contributed by atoms with Gasteiger partial charge in [-0.15, -0.1) is 11.6 Å². The molecule has 4 rings (SSSR count). The number of piperidine rings is 1. The number of benzene rings is 1. The number of Topliss-reactive ketones (excluding diaryl/α,β-unsaturated/α-hetero) is 1. The van der Waals surface area contributed by atoms with Crippen LogP contribution in [0.25, 0.3) is 0 Å². The lowest BCUT2D eigenvalue weighted by atomic mass is 9.66. The number of alkyl halides is 1. The molecule has 132 valence electrons. The first-order valence-corrected chi connectivity index (χ1v) is 8.79. The molecular weight excluding hydrogens is 348 g/mol. The van der Waals surface area contributed by atoms with E-state index in [0.29, 0.717) is 16.9 Å². The fraction of sp³-hybridized carbons (Fsp3) is 0.421. The Morgan fingerprint density at radius 1 is 1.24 bits per heavy atom. The fourth-order valence-corrected chi connectivity index (χ4v) is 4.45. The molecule has 0 bridgehead atoms. The summed E-state index contributed by atoms with van der Waals surface area (Å²) in [5.41, 5.74) is 0.440. The predicted octanol–water partition coefficient (Wildman–Crippen LogP) is 3.61. The molecule has 1 unspecified atom stereocenters. The zero-order chi connectivity index (χ0) is 17.8. The van der Waals surface area contributed by atoms with Crippen LogP contribution >= 0.6 is 11.6 Å². The van der Waals surface area contributed by atoms with Crippen molar-refractivity contribution in [2.75, 3.05) is 20.1 Å². The summed E-state index contributed by atoms with van der Waals surface area (Å²) in [4.78, 5) is 15.3. The standard InChI is InChI=1S/C19H18ClF2NO2/c1-23-6-4-19(5-7-23)17(20)3-2-15-18(19)14(24)9-11-8-12(21)13(22)10-16(11)25-15/h2-3,8,10,17H,4-7,9H2,1H3. The Hall–Kier alpha value is -1.72. The van der Waals surface area contributed by atoms with E-state index in [1.807, 2.05) is 13.1 Å². The molecule has 6 heteroatoms. The van der Waals surface area contributed by atoms with Crippen molar-refractivity contribution >= 4 is 17.4 Å². The van der Waals surface area contributed by atoms with Crippen molar-refractivity contribution in [1.29, 1.82) is 0 Å². The molecule has 0 saturated carbocycles. The van der Waals surface area contributed by atoms with Gasteiger partial charge in [-0.2, -0.15) is 0 Å². The van der Waals surface area contributed by atoms with Crippen LogP contribution in [0.4, 0.5) is 8.78 Å². The summed E-state index contributed by atoms with van der Waals surface area (Å²) in [6.45, 7) is 1.66. The Balaban J connectivity index is 1.81. The maximum absolute atomic E-state index is 13.6. The van der Waals surface area contributed by atoms with Crippen molar-refractivity contribution in [1.82, 2.24) is 4.90 Å². The van der Waals surface area contributed by atoms with Gasteiger partial charge in [0.15, 0.2) is 17.4 Å². The number of hydrogen-bond donors (Lipinski definition) is 0. The first-order valence-electron chi connectivity index (χ1n) is 8.35. The second-order valence-corrected chi connectivity index (χ2v) is 7.51. The molecule has 1 spiro atoms. The number of nitrogens with zero attached hydrogens (tertiary/aromatic N) is 1. The van der Waals surface area contributed by atoms with Gasteiger partial charge in [0.25, 0.3) is 0 Å². The third kappa shape index (κ3) is 2.61. The van der Waals surface area contributed by atoms with Crippen molar-refractivity contribution in [2.45, 2.75) is 24.6 Å². The lowest BCUT2D eigenvalue weighted by Crippen LogP contribution is -2.47. The summed E-state index contributed by atoms with van der Waals surface area (Å²) in [5, 5.41) is -0.304. The topological polar surface area (TPSA) is 29.5 Å². The van der Waals surface area contributed by atoms with Gasteiger partial charge < -0.3 is 9.64 Å². The smallest absolute Gasteiger partial charge is 0.167 e. The number of allylic oxidation sites excluding steroid dienone is 3. The Morgan fingerprint density at radius 2 is 1.92 bits per heavy atom. The van der Waals surface area contributed by atoms with Gasteiger partial charge >= 0.3 is 0 Å². The largest absolute Gasteiger partial charge is 0.457 e. The number of fused-ring (bicyclic) bond motifs is 2. The second kappa shape index (κ2) is 5.92. The Kier molecular flexibility index (Phi) is 3.96. The maximum Gasteiger partial charge on any atom is 0.167 e. The van der Waals surface area contributed by atoms with Crippen molar-refractivity contribution in [3.8, 4) is 5.75 Å². The van der Waals surface area contributed by atoms with Crippen LogP contribution in [-0.4, -0.2) is 36.2 Å². The number of likely N-dealkylation sites (tertiary alicyclic amines) is 1. The zero-order valence-electron chi connectivity index (χ0n) is 13.8. The molecule has 1 aliphatic carbocycles. The lowest BCUT2D eigenvalue weighted by molar-refractivity contribution is -0.116. The van der Waals surface area contributed by atoms with Gasteiger partial charge in [0.05, 0.1) is 5.38 Å². The van der Waals surface area contributed by atoms with Crippen LogP contribution in [0.3, 0.4) is 0 Å². The van der Waals surface area contributed by atoms with Gasteiger partial charge in [-0.25, -0.2) is 8.78 Å². The van der Waals surface area contributed by atoms with Crippen LogP contribution in [0, 0.1) is 17.0 Å². The summed E-state index contributed by atoms with van der Waals surface area (Å²) in [6, 6.07) is 2.06. The van der Waals surface area contributed by atoms with Crippen molar-refractivity contribution < 1.29 is 18.3 Å². The van der Waals surface area contributed by atoms with E-state index in [1.54, 1.807) is 6.08 Å². The third-order valence-electron chi connectivity index (χ3n) is 5.52. The minimum absolute atomic E-state index is 0.0135. The van der Waals surface area contributed by atoms with Gasteiger partial charge in [-0.05, 0) is 45.1 Å². The van der Waals surface area contributed by atoms with E-state index >= 15 is 0 Å². The normalized spacial score (nSPS) is 25.4. The van der Waals surface area contributed by atoms with Crippen LogP contribution in [0.2, 0.25) is 0 Å². The highest BCUT2D eigenvalue weighted by Crippen LogP contribution is 2.50. The average Bonchev–Trinajstić information content (AvgIpc) is 2.70. The molecule has 2 aliphatic heterocycles. The van der Waals surface area contributed by atoms with Crippen LogP contribution < -0.4 is 4.74 Å². The number of carbonyl (C=O) groups excluding carboxylic acids is 1. The number of rotatable bonds is 0. The van der Waals surface area contributed by atoms with Gasteiger partial charge in [-0.1, -0.05) is 6.08 Å². The molecule has 1 saturated heterocycles. The molecule has 1 aromatic carbocycles. The molecule has 3 nitrogen and oxygen atoms in total. The minimum Gasteiger partial charge on any atom is -0.457 e. The average molecular weight is 366 g/mol. The quantitative estimate of drug-likeness (QED) is 0.658. The predicted molar refractivity (Wildman–Crippen MR) is 90.7 cm³/mol. The Labute approximate surface area is 149 Å². The third-order valence-corrected chi connectivity index (χ3v) is 6.08. The Bertz CT molecular complexity index is 810. The van der Waals surface area contributed by atoms with Crippen LogP contribution in [-0.2, 0) is 11.2 Å². The van der Waals surface area contributed by atoms with E-state index in [2.05, 4.69) is 4.90 Å². The summed E-state index contributed by atoms with van der Waals surface area (Å²) in [6.07, 6.45) is 5.00. The molecule has 3 aliphatic rings. The second-order valence-electron chi connectivity index (χ2n) is 7.04. The molecule has 2 heterocycles. The molecule has 1 aromatic rings. The van der Waals surface area contributed by atoms with E-state index in [4.69, 9.17) is 16.3 Å². The zero-order valence-corrected chi connectivity index (χ0v) is 14.6. The summed E-state index contributed by atoms with van der Waals surface area (Å²) in [5.74, 6) is -1.48. The maximum atomic E-state index is 13.6. The van der Waals surface area contributed by atoms with Crippen LogP contribution in [0.5, 0.6) is 5.75 Å². The molecule has 1 fully saturated rings. The van der Waals surface area contributed by atoms with Gasteiger partial charge in [-0.3, -0.25) is 4.79 Å². The molecule has 0 amide bonds. The highest BCUT2D eigenvalue weighted by molar-refractivity contribution is 6.23. The van der Waals surface area contributed by atoms with E-state index in [0.717, 1.165) is 38.1 Å². The molecule has 0 radical (unpaired) electrons. The highest BCUT2D eigenvalue weighted by Gasteiger charge is 2.49. The lowest BCUT2D eigenvalue weighted by Gasteiger charge is -2.45. The highest BCUT2D eigenvalue weighted by atomic mass is 35.5. The molecular formula is C19H18ClF2NO2.